The van der Waals surface area contributed by atoms with E-state index < -0.39 is 15.8 Å². The van der Waals surface area contributed by atoms with Crippen molar-refractivity contribution in [3.05, 3.63) is 53.1 Å². The summed E-state index contributed by atoms with van der Waals surface area (Å²) in [6.45, 7) is 10.6. The van der Waals surface area contributed by atoms with E-state index in [-0.39, 0.29) is 11.2 Å². The van der Waals surface area contributed by atoms with Crippen LogP contribution >= 0.6 is 0 Å². The van der Waals surface area contributed by atoms with Crippen molar-refractivity contribution in [3.8, 4) is 5.75 Å². The third-order valence-corrected chi connectivity index (χ3v) is 8.18. The smallest absolute Gasteiger partial charge is 0.178 e. The second kappa shape index (κ2) is 12.4. The Kier molecular flexibility index (Phi) is 10.2. The molecule has 1 aliphatic rings. The van der Waals surface area contributed by atoms with Crippen LogP contribution in [0.25, 0.3) is 5.57 Å². The summed E-state index contributed by atoms with van der Waals surface area (Å²) in [6, 6.07) is 3.70. The first-order valence-electron chi connectivity index (χ1n) is 12.3. The highest BCUT2D eigenvalue weighted by atomic mass is 32.2. The Morgan fingerprint density at radius 2 is 1.85 bits per heavy atom. The number of unbranched alkanes of at least 4 members (excludes halogenated alkanes) is 4. The number of carboxylic acid groups (broad SMARTS) is 1. The van der Waals surface area contributed by atoms with Gasteiger partial charge in [-0.1, -0.05) is 64.7 Å². The first kappa shape index (κ1) is 27.9. The number of aliphatic carboxylic acids is 1. The van der Waals surface area contributed by atoms with E-state index in [0.29, 0.717) is 29.2 Å². The quantitative estimate of drug-likeness (QED) is 0.233. The summed E-state index contributed by atoms with van der Waals surface area (Å²) in [4.78, 5) is 11.1. The van der Waals surface area contributed by atoms with Crippen LogP contribution in [0.1, 0.15) is 90.7 Å². The highest BCUT2D eigenvalue weighted by Gasteiger charge is 2.34. The van der Waals surface area contributed by atoms with Gasteiger partial charge >= 0.3 is 0 Å². The Morgan fingerprint density at radius 1 is 1.15 bits per heavy atom. The number of ether oxygens (including phenoxy) is 1. The van der Waals surface area contributed by atoms with Crippen molar-refractivity contribution in [1.82, 2.24) is 0 Å². The first-order valence-corrected chi connectivity index (χ1v) is 13.9. The zero-order valence-electron chi connectivity index (χ0n) is 21.3. The van der Waals surface area contributed by atoms with Gasteiger partial charge in [-0.15, -0.1) is 0 Å². The van der Waals surface area contributed by atoms with Crippen molar-refractivity contribution >= 4 is 21.4 Å². The molecule has 188 valence electrons. The molecule has 0 atom stereocenters. The molecule has 1 aromatic rings. The number of rotatable bonds is 11. The molecule has 2 rings (SSSR count). The molecule has 0 spiro atoms. The minimum atomic E-state index is -3.38. The van der Waals surface area contributed by atoms with Crippen molar-refractivity contribution in [1.29, 1.82) is 0 Å². The SMILES string of the molecule is CCCCCCCOc1cc2c(cc1/C(C)=C/C=C/C(C)=C/C(=O)[O-])C(C)(C)CCCS2(=O)=O. The topological polar surface area (TPSA) is 83.5 Å². The predicted octanol–water partition coefficient (Wildman–Crippen LogP) is 5.54. The summed E-state index contributed by atoms with van der Waals surface area (Å²) >= 11 is 0. The summed E-state index contributed by atoms with van der Waals surface area (Å²) in [5, 5.41) is 10.7. The van der Waals surface area contributed by atoms with Gasteiger partial charge in [-0.25, -0.2) is 8.42 Å². The number of hydrogen-bond donors (Lipinski definition) is 0. The van der Waals surface area contributed by atoms with E-state index in [1.165, 1.54) is 19.3 Å². The minimum Gasteiger partial charge on any atom is -0.545 e. The summed E-state index contributed by atoms with van der Waals surface area (Å²) in [5.74, 6) is -0.493. The molecule has 0 radical (unpaired) electrons. The lowest BCUT2D eigenvalue weighted by Gasteiger charge is -2.26. The van der Waals surface area contributed by atoms with Gasteiger partial charge in [0, 0.05) is 5.56 Å². The molecule has 0 fully saturated rings. The van der Waals surface area contributed by atoms with Crippen LogP contribution < -0.4 is 9.84 Å². The van der Waals surface area contributed by atoms with Gasteiger partial charge in [-0.05, 0) is 73.4 Å². The fourth-order valence-electron chi connectivity index (χ4n) is 4.28. The van der Waals surface area contributed by atoms with Crippen LogP contribution in [0.15, 0.2) is 46.9 Å². The van der Waals surface area contributed by atoms with Gasteiger partial charge in [-0.2, -0.15) is 0 Å². The summed E-state index contributed by atoms with van der Waals surface area (Å²) in [6.07, 6.45) is 13.4. The Labute approximate surface area is 205 Å². The molecule has 0 bridgehead atoms. The van der Waals surface area contributed by atoms with Crippen LogP contribution in [0, 0.1) is 0 Å². The van der Waals surface area contributed by atoms with E-state index >= 15 is 0 Å². The lowest BCUT2D eigenvalue weighted by molar-refractivity contribution is -0.297. The first-order chi connectivity index (χ1) is 16.0. The van der Waals surface area contributed by atoms with Crippen molar-refractivity contribution in [3.63, 3.8) is 0 Å². The largest absolute Gasteiger partial charge is 0.545 e. The van der Waals surface area contributed by atoms with E-state index in [2.05, 4.69) is 20.8 Å². The molecular formula is C28H39O5S-. The Balaban J connectivity index is 2.47. The number of hydrogen-bond acceptors (Lipinski definition) is 5. The maximum atomic E-state index is 13.1. The Hall–Kier alpha value is -2.34. The van der Waals surface area contributed by atoms with Gasteiger partial charge in [-0.3, -0.25) is 0 Å². The lowest BCUT2D eigenvalue weighted by atomic mass is 9.79. The van der Waals surface area contributed by atoms with E-state index in [1.54, 1.807) is 25.1 Å². The second-order valence-corrected chi connectivity index (χ2v) is 11.9. The number of carbonyl (C=O) groups excluding carboxylic acids is 1. The van der Waals surface area contributed by atoms with E-state index in [0.717, 1.165) is 42.0 Å². The number of carboxylic acids is 1. The Morgan fingerprint density at radius 3 is 2.53 bits per heavy atom. The van der Waals surface area contributed by atoms with Crippen molar-refractivity contribution in [2.45, 2.75) is 89.9 Å². The molecule has 1 aromatic carbocycles. The fraction of sp³-hybridized carbons (Fsp3) is 0.536. The average Bonchev–Trinajstić information content (AvgIpc) is 2.82. The van der Waals surface area contributed by atoms with Gasteiger partial charge in [0.1, 0.15) is 5.75 Å². The second-order valence-electron chi connectivity index (χ2n) is 9.83. The number of allylic oxidation sites excluding steroid dienone is 5. The molecule has 0 saturated heterocycles. The third kappa shape index (κ3) is 7.86. The van der Waals surface area contributed by atoms with Crippen LogP contribution in [0.4, 0.5) is 0 Å². The molecule has 5 nitrogen and oxygen atoms in total. The maximum absolute atomic E-state index is 13.1. The van der Waals surface area contributed by atoms with Crippen LogP contribution in [-0.4, -0.2) is 26.7 Å². The van der Waals surface area contributed by atoms with E-state index in [9.17, 15) is 18.3 Å². The van der Waals surface area contributed by atoms with Gasteiger partial charge in [0.05, 0.1) is 23.2 Å². The molecule has 0 saturated carbocycles. The normalized spacial score (nSPS) is 17.9. The third-order valence-electron chi connectivity index (χ3n) is 6.34. The summed E-state index contributed by atoms with van der Waals surface area (Å²) < 4.78 is 32.3. The molecule has 1 aliphatic heterocycles. The molecule has 0 aliphatic carbocycles. The van der Waals surface area contributed by atoms with Crippen LogP contribution in [0.3, 0.4) is 0 Å². The molecule has 0 unspecified atom stereocenters. The van der Waals surface area contributed by atoms with Crippen LogP contribution in [-0.2, 0) is 20.0 Å². The van der Waals surface area contributed by atoms with Crippen molar-refractivity contribution in [2.75, 3.05) is 12.4 Å². The number of carbonyl (C=O) groups is 1. The minimum absolute atomic E-state index is 0.154. The molecule has 6 heteroatoms. The van der Waals surface area contributed by atoms with Crippen LogP contribution in [0.5, 0.6) is 5.75 Å². The van der Waals surface area contributed by atoms with Crippen molar-refractivity contribution in [2.24, 2.45) is 0 Å². The predicted molar refractivity (Wildman–Crippen MR) is 137 cm³/mol. The molecular weight excluding hydrogens is 448 g/mol. The van der Waals surface area contributed by atoms with Crippen LogP contribution in [0.2, 0.25) is 0 Å². The average molecular weight is 488 g/mol. The number of sulfone groups is 1. The lowest BCUT2D eigenvalue weighted by Crippen LogP contribution is -2.19. The molecule has 34 heavy (non-hydrogen) atoms. The zero-order chi connectivity index (χ0) is 25.4. The number of fused-ring (bicyclic) bond motifs is 1. The monoisotopic (exact) mass is 487 g/mol. The van der Waals surface area contributed by atoms with Crippen molar-refractivity contribution < 1.29 is 23.1 Å². The molecule has 0 aromatic heterocycles. The van der Waals surface area contributed by atoms with E-state index in [1.807, 2.05) is 19.1 Å². The highest BCUT2D eigenvalue weighted by Crippen LogP contribution is 2.42. The molecule has 1 heterocycles. The zero-order valence-corrected chi connectivity index (χ0v) is 22.1. The summed E-state index contributed by atoms with van der Waals surface area (Å²) in [7, 11) is -3.38. The van der Waals surface area contributed by atoms with Gasteiger partial charge in [0.15, 0.2) is 9.84 Å². The van der Waals surface area contributed by atoms with Gasteiger partial charge < -0.3 is 14.6 Å². The fourth-order valence-corrected chi connectivity index (χ4v) is 5.98. The molecule has 0 N–H and O–H groups in total. The Bertz CT molecular complexity index is 1060. The van der Waals surface area contributed by atoms with E-state index in [4.69, 9.17) is 4.74 Å². The number of benzene rings is 1. The molecule has 0 amide bonds. The van der Waals surface area contributed by atoms with Gasteiger partial charge in [0.25, 0.3) is 0 Å². The standard InChI is InChI=1S/C28H40O5S/c1-6-7-8-9-10-16-33-25-20-26-24(28(4,5)15-12-17-34(26,31)32)19-23(25)22(3)14-11-13-21(2)18-27(29)30/h11,13-14,18-20H,6-10,12,15-17H2,1-5H3,(H,29,30)/p-1/b13-11+,21-18+,22-14+. The highest BCUT2D eigenvalue weighted by molar-refractivity contribution is 7.91. The summed E-state index contributed by atoms with van der Waals surface area (Å²) in [5.41, 5.74) is 2.92. The van der Waals surface area contributed by atoms with Gasteiger partial charge in [0.2, 0.25) is 0 Å². The maximum Gasteiger partial charge on any atom is 0.178 e.